The second-order valence-corrected chi connectivity index (χ2v) is 8.23. The number of pyridine rings is 2. The van der Waals surface area contributed by atoms with Gasteiger partial charge in [-0.1, -0.05) is 0 Å². The third kappa shape index (κ3) is 3.93. The number of rotatable bonds is 6. The Labute approximate surface area is 178 Å². The highest BCUT2D eigenvalue weighted by molar-refractivity contribution is 5.98. The average molecular weight is 422 g/mol. The van der Waals surface area contributed by atoms with Crippen molar-refractivity contribution in [3.05, 3.63) is 54.4 Å². The second-order valence-electron chi connectivity index (χ2n) is 8.23. The lowest BCUT2D eigenvalue weighted by Gasteiger charge is -2.29. The molecule has 2 aliphatic rings. The Bertz CT molecular complexity index is 1120. The van der Waals surface area contributed by atoms with E-state index in [1.807, 2.05) is 0 Å². The molecule has 0 aliphatic heterocycles. The number of nitrogens with two attached hydrogens (primary N) is 2. The first-order chi connectivity index (χ1) is 15.0. The zero-order chi connectivity index (χ0) is 21.5. The number of hydrogen-bond donors (Lipinski definition) is 4. The number of nitrogens with zero attached hydrogens (tertiary/aromatic N) is 4. The summed E-state index contributed by atoms with van der Waals surface area (Å²) < 4.78 is 16.4. The van der Waals surface area contributed by atoms with Crippen molar-refractivity contribution in [1.82, 2.24) is 19.7 Å². The molecule has 0 radical (unpaired) electrons. The van der Waals surface area contributed by atoms with E-state index in [0.29, 0.717) is 23.2 Å². The van der Waals surface area contributed by atoms with Gasteiger partial charge in [0.15, 0.2) is 11.6 Å². The molecule has 6 N–H and O–H groups in total. The fourth-order valence-electron chi connectivity index (χ4n) is 4.30. The molecule has 0 spiro atoms. The molecule has 3 heterocycles. The fraction of sp³-hybridized carbons (Fsp3) is 0.333. The molecule has 3 aromatic rings. The van der Waals surface area contributed by atoms with E-state index in [4.69, 9.17) is 11.5 Å². The smallest absolute Gasteiger partial charge is 0.252 e. The molecule has 0 bridgehead atoms. The van der Waals surface area contributed by atoms with Gasteiger partial charge in [-0.05, 0) is 49.3 Å². The van der Waals surface area contributed by atoms with E-state index in [1.165, 1.54) is 6.42 Å². The monoisotopic (exact) mass is 422 g/mol. The lowest BCUT2D eigenvalue weighted by atomic mass is 9.91. The third-order valence-electron chi connectivity index (χ3n) is 6.04. The highest BCUT2D eigenvalue weighted by Gasteiger charge is 2.45. The second kappa shape index (κ2) is 7.62. The number of primary amides is 1. The average Bonchev–Trinajstić information content (AvgIpc) is 3.26. The predicted octanol–water partition coefficient (Wildman–Crippen LogP) is 2.18. The maximum atomic E-state index is 14.7. The molecular weight excluding hydrogens is 399 g/mol. The van der Waals surface area contributed by atoms with Gasteiger partial charge in [0.1, 0.15) is 5.82 Å². The van der Waals surface area contributed by atoms with Gasteiger partial charge in [0, 0.05) is 24.5 Å². The maximum absolute atomic E-state index is 14.7. The molecule has 0 saturated heterocycles. The van der Waals surface area contributed by atoms with Crippen LogP contribution in [0.5, 0.6) is 0 Å². The van der Waals surface area contributed by atoms with Crippen LogP contribution < -0.4 is 22.1 Å². The van der Waals surface area contributed by atoms with Crippen LogP contribution in [0.4, 0.5) is 21.7 Å². The number of aromatic nitrogens is 4. The lowest BCUT2D eigenvalue weighted by Crippen LogP contribution is -2.43. The number of fused-ring (bicyclic) bond motifs is 1. The van der Waals surface area contributed by atoms with Gasteiger partial charge in [-0.2, -0.15) is 5.10 Å². The van der Waals surface area contributed by atoms with Crippen LogP contribution in [0.25, 0.3) is 5.69 Å². The Morgan fingerprint density at radius 3 is 2.77 bits per heavy atom. The van der Waals surface area contributed by atoms with Crippen LogP contribution >= 0.6 is 0 Å². The van der Waals surface area contributed by atoms with Crippen LogP contribution in [-0.4, -0.2) is 37.7 Å². The van der Waals surface area contributed by atoms with E-state index in [1.54, 1.807) is 41.6 Å². The standard InChI is InChI=1S/C21H23FN8O/c22-16-8-15(19(24)31)20(27-13-7-14(10-25-9-13)30-3-1-2-26-30)29-21(16)28-18-6-12-4-11(12)5-17(18)23/h1-3,7-12,17-18H,4-6,23H2,(H2,24,31)(H2,27,28,29). The number of anilines is 3. The van der Waals surface area contributed by atoms with Gasteiger partial charge in [0.05, 0.1) is 29.3 Å². The molecule has 9 nitrogen and oxygen atoms in total. The van der Waals surface area contributed by atoms with Crippen molar-refractivity contribution in [1.29, 1.82) is 0 Å². The van der Waals surface area contributed by atoms with E-state index >= 15 is 0 Å². The van der Waals surface area contributed by atoms with Gasteiger partial charge in [0.25, 0.3) is 5.91 Å². The normalized spacial score (nSPS) is 24.3. The number of amides is 1. The Morgan fingerprint density at radius 1 is 1.16 bits per heavy atom. The van der Waals surface area contributed by atoms with E-state index < -0.39 is 11.7 Å². The summed E-state index contributed by atoms with van der Waals surface area (Å²) in [7, 11) is 0. The Hall–Kier alpha value is -3.53. The van der Waals surface area contributed by atoms with Crippen molar-refractivity contribution in [2.45, 2.75) is 31.3 Å². The van der Waals surface area contributed by atoms with Crippen LogP contribution in [0.2, 0.25) is 0 Å². The quantitative estimate of drug-likeness (QED) is 0.478. The van der Waals surface area contributed by atoms with Crippen molar-refractivity contribution in [2.24, 2.45) is 23.3 Å². The summed E-state index contributed by atoms with van der Waals surface area (Å²) in [4.78, 5) is 20.5. The number of carbonyl (C=O) groups excluding carboxylic acids is 1. The first-order valence-corrected chi connectivity index (χ1v) is 10.2. The molecule has 2 saturated carbocycles. The topological polar surface area (TPSA) is 137 Å². The summed E-state index contributed by atoms with van der Waals surface area (Å²) in [5, 5.41) is 10.4. The van der Waals surface area contributed by atoms with Gasteiger partial charge in [-0.3, -0.25) is 9.78 Å². The Balaban J connectivity index is 1.44. The largest absolute Gasteiger partial charge is 0.365 e. The first kappa shape index (κ1) is 19.4. The van der Waals surface area contributed by atoms with Crippen molar-refractivity contribution in [3.63, 3.8) is 0 Å². The zero-order valence-electron chi connectivity index (χ0n) is 16.7. The third-order valence-corrected chi connectivity index (χ3v) is 6.04. The number of nitrogens with one attached hydrogen (secondary N) is 2. The van der Waals surface area contributed by atoms with Crippen molar-refractivity contribution >= 4 is 23.2 Å². The van der Waals surface area contributed by atoms with Crippen LogP contribution in [0, 0.1) is 17.7 Å². The molecule has 4 unspecified atom stereocenters. The Kier molecular flexibility index (Phi) is 4.78. The number of carbonyl (C=O) groups is 1. The SMILES string of the molecule is NC(=O)c1cc(F)c(NC2CC3CC3CC2N)nc1Nc1cncc(-n2cccn2)c1. The van der Waals surface area contributed by atoms with Crippen LogP contribution in [0.15, 0.2) is 43.0 Å². The minimum Gasteiger partial charge on any atom is -0.365 e. The highest BCUT2D eigenvalue weighted by Crippen LogP contribution is 2.49. The summed E-state index contributed by atoms with van der Waals surface area (Å²) in [5.41, 5.74) is 13.0. The van der Waals surface area contributed by atoms with Gasteiger partial charge < -0.3 is 22.1 Å². The van der Waals surface area contributed by atoms with Gasteiger partial charge in [-0.25, -0.2) is 14.1 Å². The molecule has 160 valence electrons. The lowest BCUT2D eigenvalue weighted by molar-refractivity contribution is 0.100. The van der Waals surface area contributed by atoms with Gasteiger partial charge in [-0.15, -0.1) is 0 Å². The molecule has 5 rings (SSSR count). The van der Waals surface area contributed by atoms with Crippen molar-refractivity contribution in [2.75, 3.05) is 10.6 Å². The summed E-state index contributed by atoms with van der Waals surface area (Å²) >= 11 is 0. The van der Waals surface area contributed by atoms with E-state index in [0.717, 1.165) is 18.9 Å². The summed E-state index contributed by atoms with van der Waals surface area (Å²) in [6.07, 6.45) is 9.67. The molecule has 1 amide bonds. The first-order valence-electron chi connectivity index (χ1n) is 10.2. The number of hydrogen-bond acceptors (Lipinski definition) is 7. The minimum atomic E-state index is -0.785. The molecular formula is C21H23FN8O. The predicted molar refractivity (Wildman–Crippen MR) is 114 cm³/mol. The van der Waals surface area contributed by atoms with Crippen LogP contribution in [-0.2, 0) is 0 Å². The molecule has 2 aliphatic carbocycles. The van der Waals surface area contributed by atoms with Crippen molar-refractivity contribution < 1.29 is 9.18 Å². The van der Waals surface area contributed by atoms with Gasteiger partial charge in [0.2, 0.25) is 0 Å². The minimum absolute atomic E-state index is 0.0447. The number of halogens is 1. The summed E-state index contributed by atoms with van der Waals surface area (Å²) in [5.74, 6) is 0.112. The molecule has 4 atom stereocenters. The zero-order valence-corrected chi connectivity index (χ0v) is 16.7. The summed E-state index contributed by atoms with van der Waals surface area (Å²) in [6, 6.07) is 4.55. The van der Waals surface area contributed by atoms with Crippen LogP contribution in [0.3, 0.4) is 0 Å². The fourth-order valence-corrected chi connectivity index (χ4v) is 4.30. The highest BCUT2D eigenvalue weighted by atomic mass is 19.1. The molecule has 2 fully saturated rings. The van der Waals surface area contributed by atoms with E-state index in [2.05, 4.69) is 25.7 Å². The van der Waals surface area contributed by atoms with Crippen LogP contribution in [0.1, 0.15) is 29.6 Å². The van der Waals surface area contributed by atoms with Gasteiger partial charge >= 0.3 is 0 Å². The Morgan fingerprint density at radius 2 is 2.00 bits per heavy atom. The maximum Gasteiger partial charge on any atom is 0.252 e. The molecule has 10 heteroatoms. The van der Waals surface area contributed by atoms with E-state index in [9.17, 15) is 9.18 Å². The molecule has 3 aromatic heterocycles. The van der Waals surface area contributed by atoms with E-state index in [-0.39, 0.29) is 29.3 Å². The molecule has 0 aromatic carbocycles. The van der Waals surface area contributed by atoms with Crippen molar-refractivity contribution in [3.8, 4) is 5.69 Å². The summed E-state index contributed by atoms with van der Waals surface area (Å²) in [6.45, 7) is 0. The molecule has 31 heavy (non-hydrogen) atoms.